The number of sulfone groups is 1. The predicted molar refractivity (Wildman–Crippen MR) is 126 cm³/mol. The number of amides is 2. The lowest BCUT2D eigenvalue weighted by Crippen LogP contribution is -2.46. The molecule has 1 aliphatic rings. The number of nitro groups is 1. The number of likely N-dealkylation sites (tertiary alicyclic amines) is 1. The first-order valence-corrected chi connectivity index (χ1v) is 13.2. The normalized spacial score (nSPS) is 17.3. The molecular formula is C21H26N4O6S2. The van der Waals surface area contributed by atoms with Crippen molar-refractivity contribution in [2.24, 2.45) is 4.99 Å². The van der Waals surface area contributed by atoms with Crippen molar-refractivity contribution in [3.8, 4) is 0 Å². The molecule has 1 unspecified atom stereocenters. The Labute approximate surface area is 195 Å². The maximum Gasteiger partial charge on any atom is 0.270 e. The molecule has 0 radical (unpaired) electrons. The van der Waals surface area contributed by atoms with Gasteiger partial charge < -0.3 is 9.47 Å². The Morgan fingerprint density at radius 3 is 2.76 bits per heavy atom. The zero-order valence-electron chi connectivity index (χ0n) is 18.3. The van der Waals surface area contributed by atoms with Gasteiger partial charge in [0, 0.05) is 31.3 Å². The van der Waals surface area contributed by atoms with Gasteiger partial charge in [-0.15, -0.1) is 6.58 Å². The summed E-state index contributed by atoms with van der Waals surface area (Å²) in [6.45, 7) is 6.44. The maximum absolute atomic E-state index is 12.6. The quantitative estimate of drug-likeness (QED) is 0.315. The van der Waals surface area contributed by atoms with Crippen molar-refractivity contribution < 1.29 is 22.9 Å². The summed E-state index contributed by atoms with van der Waals surface area (Å²) < 4.78 is 27.3. The van der Waals surface area contributed by atoms with E-state index in [0.29, 0.717) is 16.8 Å². The average Bonchev–Trinajstić information content (AvgIpc) is 3.09. The second kappa shape index (κ2) is 10.4. The van der Waals surface area contributed by atoms with Gasteiger partial charge in [0.1, 0.15) is 11.5 Å². The fraction of sp³-hybridized carbons (Fsp3) is 0.476. The smallest absolute Gasteiger partial charge is 0.270 e. The highest BCUT2D eigenvalue weighted by Gasteiger charge is 2.29. The van der Waals surface area contributed by atoms with E-state index >= 15 is 0 Å². The fourth-order valence-corrected chi connectivity index (χ4v) is 6.14. The summed E-state index contributed by atoms with van der Waals surface area (Å²) in [7, 11) is -4.00. The highest BCUT2D eigenvalue weighted by atomic mass is 32.2. The van der Waals surface area contributed by atoms with Crippen LogP contribution in [0.3, 0.4) is 0 Å². The van der Waals surface area contributed by atoms with Gasteiger partial charge in [-0.25, -0.2) is 8.42 Å². The number of rotatable bonds is 8. The topological polar surface area (TPSA) is 132 Å². The Bertz CT molecular complexity index is 1260. The van der Waals surface area contributed by atoms with E-state index in [-0.39, 0.29) is 23.1 Å². The van der Waals surface area contributed by atoms with Gasteiger partial charge in [-0.2, -0.15) is 4.99 Å². The number of benzene rings is 1. The van der Waals surface area contributed by atoms with Gasteiger partial charge in [-0.1, -0.05) is 24.3 Å². The van der Waals surface area contributed by atoms with Crippen molar-refractivity contribution in [1.82, 2.24) is 9.47 Å². The molecule has 0 N–H and O–H groups in total. The number of hydrogen-bond acceptors (Lipinski definition) is 7. The maximum atomic E-state index is 12.6. The van der Waals surface area contributed by atoms with Crippen LogP contribution in [0.5, 0.6) is 0 Å². The van der Waals surface area contributed by atoms with Gasteiger partial charge in [0.15, 0.2) is 14.6 Å². The van der Waals surface area contributed by atoms with Crippen molar-refractivity contribution >= 4 is 48.9 Å². The summed E-state index contributed by atoms with van der Waals surface area (Å²) in [5.74, 6) is -2.99. The average molecular weight is 495 g/mol. The predicted octanol–water partition coefficient (Wildman–Crippen LogP) is 2.43. The largest absolute Gasteiger partial charge is 0.339 e. The number of nitro benzene ring substituents is 1. The third-order valence-electron chi connectivity index (χ3n) is 5.51. The molecule has 1 fully saturated rings. The molecule has 3 rings (SSSR count). The van der Waals surface area contributed by atoms with Gasteiger partial charge in [-0.3, -0.25) is 19.7 Å². The summed E-state index contributed by atoms with van der Waals surface area (Å²) in [5, 5.41) is 11.1. The van der Waals surface area contributed by atoms with E-state index in [1.807, 2.05) is 6.92 Å². The van der Waals surface area contributed by atoms with E-state index < -0.39 is 38.1 Å². The summed E-state index contributed by atoms with van der Waals surface area (Å²) in [6, 6.07) is 4.30. The van der Waals surface area contributed by atoms with Gasteiger partial charge in [0.25, 0.3) is 11.6 Å². The molecule has 33 heavy (non-hydrogen) atoms. The molecular weight excluding hydrogens is 468 g/mol. The highest BCUT2D eigenvalue weighted by Crippen LogP contribution is 2.23. The summed E-state index contributed by atoms with van der Waals surface area (Å²) >= 11 is 1.04. The Morgan fingerprint density at radius 2 is 2.09 bits per heavy atom. The molecule has 0 bridgehead atoms. The summed E-state index contributed by atoms with van der Waals surface area (Å²) in [4.78, 5) is 41.4. The van der Waals surface area contributed by atoms with Gasteiger partial charge in [0.05, 0.1) is 15.1 Å². The monoisotopic (exact) mass is 494 g/mol. The minimum absolute atomic E-state index is 0.0299. The number of allylic oxidation sites excluding steroid dienone is 1. The minimum atomic E-state index is -4.00. The Morgan fingerprint density at radius 1 is 1.33 bits per heavy atom. The molecule has 10 nitrogen and oxygen atoms in total. The Balaban J connectivity index is 1.82. The molecule has 1 aromatic heterocycles. The van der Waals surface area contributed by atoms with Crippen LogP contribution < -0.4 is 4.80 Å². The first kappa shape index (κ1) is 24.8. The number of non-ortho nitro benzene ring substituents is 1. The van der Waals surface area contributed by atoms with Crippen molar-refractivity contribution in [2.45, 2.75) is 45.2 Å². The molecule has 0 spiro atoms. The van der Waals surface area contributed by atoms with Crippen molar-refractivity contribution in [3.05, 3.63) is 45.8 Å². The molecule has 2 heterocycles. The van der Waals surface area contributed by atoms with Crippen LogP contribution in [0.15, 0.2) is 35.8 Å². The lowest BCUT2D eigenvalue weighted by atomic mass is 10.0. The molecule has 1 aliphatic heterocycles. The minimum Gasteiger partial charge on any atom is -0.339 e. The van der Waals surface area contributed by atoms with Crippen LogP contribution in [0.25, 0.3) is 10.2 Å². The standard InChI is InChI=1S/C21H26N4O6S2/c1-3-10-24-17-9-8-16(25(28)29)12-18(17)32-21(24)22-19(26)13-33(30,31)14-20(27)23-11-6-5-7-15(23)4-2/h3,8-9,12,15H,1,4-7,10-11,13-14H2,2H3. The number of thiazole rings is 1. The third kappa shape index (κ3) is 5.93. The highest BCUT2D eigenvalue weighted by molar-refractivity contribution is 7.92. The zero-order chi connectivity index (χ0) is 24.2. The number of aromatic nitrogens is 1. The van der Waals surface area contributed by atoms with Gasteiger partial charge in [-0.05, 0) is 31.7 Å². The van der Waals surface area contributed by atoms with E-state index in [2.05, 4.69) is 11.6 Å². The molecule has 2 aromatic rings. The zero-order valence-corrected chi connectivity index (χ0v) is 19.9. The summed E-state index contributed by atoms with van der Waals surface area (Å²) in [6.07, 6.45) is 5.03. The molecule has 178 valence electrons. The number of fused-ring (bicyclic) bond motifs is 1. The molecule has 0 saturated carbocycles. The van der Waals surface area contributed by atoms with Gasteiger partial charge >= 0.3 is 0 Å². The molecule has 12 heteroatoms. The van der Waals surface area contributed by atoms with Crippen LogP contribution in [0, 0.1) is 10.1 Å². The van der Waals surface area contributed by atoms with Crippen molar-refractivity contribution in [3.63, 3.8) is 0 Å². The van der Waals surface area contributed by atoms with Crippen molar-refractivity contribution in [1.29, 1.82) is 0 Å². The fourth-order valence-electron chi connectivity index (χ4n) is 3.97. The van der Waals surface area contributed by atoms with Crippen LogP contribution in [-0.2, 0) is 26.0 Å². The van der Waals surface area contributed by atoms with E-state index in [1.165, 1.54) is 12.1 Å². The molecule has 0 aliphatic carbocycles. The first-order valence-electron chi connectivity index (χ1n) is 10.6. The number of carbonyl (C=O) groups is 2. The first-order chi connectivity index (χ1) is 15.6. The lowest BCUT2D eigenvalue weighted by molar-refractivity contribution is -0.384. The lowest BCUT2D eigenvalue weighted by Gasteiger charge is -2.35. The van der Waals surface area contributed by atoms with Crippen LogP contribution in [0.4, 0.5) is 5.69 Å². The molecule has 1 aromatic carbocycles. The van der Waals surface area contributed by atoms with E-state index in [4.69, 9.17) is 0 Å². The molecule has 1 saturated heterocycles. The van der Waals surface area contributed by atoms with Crippen LogP contribution in [0.1, 0.15) is 32.6 Å². The van der Waals surface area contributed by atoms with E-state index in [9.17, 15) is 28.1 Å². The number of piperidine rings is 1. The number of hydrogen-bond donors (Lipinski definition) is 0. The second-order valence-electron chi connectivity index (χ2n) is 7.88. The molecule has 2 amide bonds. The SMILES string of the molecule is C=CCn1c(=NC(=O)CS(=O)(=O)CC(=O)N2CCCCC2CC)sc2cc([N+](=O)[O-])ccc21. The second-order valence-corrected chi connectivity index (χ2v) is 10.9. The van der Waals surface area contributed by atoms with Crippen LogP contribution >= 0.6 is 11.3 Å². The van der Waals surface area contributed by atoms with E-state index in [0.717, 1.165) is 37.0 Å². The third-order valence-corrected chi connectivity index (χ3v) is 7.93. The van der Waals surface area contributed by atoms with Crippen LogP contribution in [-0.4, -0.2) is 58.7 Å². The van der Waals surface area contributed by atoms with Gasteiger partial charge in [0.2, 0.25) is 5.91 Å². The van der Waals surface area contributed by atoms with E-state index in [1.54, 1.807) is 21.6 Å². The number of nitrogens with zero attached hydrogens (tertiary/aromatic N) is 4. The van der Waals surface area contributed by atoms with Crippen molar-refractivity contribution in [2.75, 3.05) is 18.1 Å². The Hall–Kier alpha value is -2.86. The Kier molecular flexibility index (Phi) is 7.80. The number of carbonyl (C=O) groups excluding carboxylic acids is 2. The summed E-state index contributed by atoms with van der Waals surface area (Å²) in [5.41, 5.74) is 0.516. The molecule has 1 atom stereocenters. The van der Waals surface area contributed by atoms with Crippen LogP contribution in [0.2, 0.25) is 0 Å².